The van der Waals surface area contributed by atoms with Gasteiger partial charge < -0.3 is 10.6 Å². The molecule has 2 unspecified atom stereocenters. The van der Waals surface area contributed by atoms with E-state index in [1.807, 2.05) is 0 Å². The first-order valence-electron chi connectivity index (χ1n) is 12.1. The highest BCUT2D eigenvalue weighted by Crippen LogP contribution is 2.15. The molecule has 158 valence electrons. The number of nitrogens with zero attached hydrogens (tertiary/aromatic N) is 1. The topological polar surface area (TPSA) is 29.3 Å². The molecule has 2 heteroatoms. The average molecular weight is 369 g/mol. The van der Waals surface area contributed by atoms with Gasteiger partial charge >= 0.3 is 0 Å². The smallest absolute Gasteiger partial charge is 0.0241 e. The van der Waals surface area contributed by atoms with Crippen molar-refractivity contribution in [3.8, 4) is 0 Å². The van der Waals surface area contributed by atoms with Crippen LogP contribution in [-0.2, 0) is 0 Å². The van der Waals surface area contributed by atoms with Gasteiger partial charge in [0.2, 0.25) is 0 Å². The highest BCUT2D eigenvalue weighted by molar-refractivity contribution is 4.77. The van der Waals surface area contributed by atoms with E-state index in [1.165, 1.54) is 116 Å². The Hall–Kier alpha value is -0.0800. The fraction of sp³-hybridized carbons (Fsp3) is 1.00. The molecule has 0 aliphatic heterocycles. The zero-order chi connectivity index (χ0) is 19.5. The van der Waals surface area contributed by atoms with Gasteiger partial charge in [0, 0.05) is 12.1 Å². The van der Waals surface area contributed by atoms with Crippen molar-refractivity contribution in [2.45, 2.75) is 142 Å². The predicted molar refractivity (Wildman–Crippen MR) is 120 cm³/mol. The van der Waals surface area contributed by atoms with E-state index in [4.69, 9.17) is 5.73 Å². The molecule has 0 aromatic carbocycles. The number of nitrogens with two attached hydrogens (primary N) is 1. The second-order valence-corrected chi connectivity index (χ2v) is 8.65. The third-order valence-electron chi connectivity index (χ3n) is 5.89. The van der Waals surface area contributed by atoms with Crippen LogP contribution in [0.4, 0.5) is 0 Å². The Morgan fingerprint density at radius 2 is 1.00 bits per heavy atom. The van der Waals surface area contributed by atoms with E-state index in [2.05, 4.69) is 32.7 Å². The SMILES string of the molecule is CCCCCCCCCCCCN(C)C(CCCCCCCC)C(C)N. The molecule has 0 aromatic heterocycles. The second kappa shape index (κ2) is 19.7. The minimum Gasteiger partial charge on any atom is -0.327 e. The van der Waals surface area contributed by atoms with Crippen molar-refractivity contribution in [3.05, 3.63) is 0 Å². The molecule has 0 aromatic rings. The van der Waals surface area contributed by atoms with Crippen molar-refractivity contribution in [1.82, 2.24) is 4.90 Å². The average Bonchev–Trinajstić information content (AvgIpc) is 2.62. The van der Waals surface area contributed by atoms with Gasteiger partial charge in [-0.3, -0.25) is 0 Å². The predicted octanol–water partition coefficient (Wildman–Crippen LogP) is 7.31. The molecule has 2 N–H and O–H groups in total. The van der Waals surface area contributed by atoms with Crippen molar-refractivity contribution in [1.29, 1.82) is 0 Å². The summed E-state index contributed by atoms with van der Waals surface area (Å²) in [5.41, 5.74) is 6.28. The van der Waals surface area contributed by atoms with Crippen LogP contribution < -0.4 is 5.73 Å². The molecular formula is C24H52N2. The molecular weight excluding hydrogens is 316 g/mol. The lowest BCUT2D eigenvalue weighted by atomic mass is 10.00. The lowest BCUT2D eigenvalue weighted by molar-refractivity contribution is 0.197. The van der Waals surface area contributed by atoms with Crippen molar-refractivity contribution in [2.24, 2.45) is 5.73 Å². The van der Waals surface area contributed by atoms with Crippen LogP contribution in [0, 0.1) is 0 Å². The largest absolute Gasteiger partial charge is 0.327 e. The van der Waals surface area contributed by atoms with Gasteiger partial charge in [-0.2, -0.15) is 0 Å². The molecule has 0 bridgehead atoms. The zero-order valence-corrected chi connectivity index (χ0v) is 18.9. The highest BCUT2D eigenvalue weighted by Gasteiger charge is 2.18. The van der Waals surface area contributed by atoms with E-state index < -0.39 is 0 Å². The number of likely N-dealkylation sites (N-methyl/N-ethyl adjacent to an activating group) is 1. The number of unbranched alkanes of at least 4 members (excludes halogenated alkanes) is 14. The normalized spacial score (nSPS) is 14.1. The van der Waals surface area contributed by atoms with E-state index in [0.717, 1.165) is 0 Å². The van der Waals surface area contributed by atoms with Crippen LogP contribution in [0.3, 0.4) is 0 Å². The summed E-state index contributed by atoms with van der Waals surface area (Å²) in [6.07, 6.45) is 23.7. The van der Waals surface area contributed by atoms with Gasteiger partial charge in [-0.15, -0.1) is 0 Å². The first kappa shape index (κ1) is 25.9. The molecule has 0 saturated carbocycles. The molecule has 0 aliphatic rings. The van der Waals surface area contributed by atoms with E-state index in [9.17, 15) is 0 Å². The first-order valence-corrected chi connectivity index (χ1v) is 12.1. The summed E-state index contributed by atoms with van der Waals surface area (Å²) in [6, 6.07) is 0.860. The lowest BCUT2D eigenvalue weighted by Crippen LogP contribution is -2.44. The zero-order valence-electron chi connectivity index (χ0n) is 18.9. The molecule has 2 atom stereocenters. The molecule has 0 heterocycles. The molecule has 0 fully saturated rings. The third kappa shape index (κ3) is 16.1. The summed E-state index contributed by atoms with van der Waals surface area (Å²) >= 11 is 0. The Kier molecular flexibility index (Phi) is 19.6. The van der Waals surface area contributed by atoms with Gasteiger partial charge in [0.05, 0.1) is 0 Å². The van der Waals surface area contributed by atoms with E-state index >= 15 is 0 Å². The van der Waals surface area contributed by atoms with Crippen molar-refractivity contribution < 1.29 is 0 Å². The molecule has 0 aliphatic carbocycles. The van der Waals surface area contributed by atoms with Crippen LogP contribution >= 0.6 is 0 Å². The van der Waals surface area contributed by atoms with Crippen LogP contribution in [-0.4, -0.2) is 30.6 Å². The fourth-order valence-electron chi connectivity index (χ4n) is 4.03. The van der Waals surface area contributed by atoms with E-state index in [0.29, 0.717) is 12.1 Å². The minimum absolute atomic E-state index is 0.291. The van der Waals surface area contributed by atoms with Crippen LogP contribution in [0.25, 0.3) is 0 Å². The number of hydrogen-bond acceptors (Lipinski definition) is 2. The minimum atomic E-state index is 0.291. The molecule has 0 amide bonds. The maximum atomic E-state index is 6.28. The summed E-state index contributed by atoms with van der Waals surface area (Å²) in [7, 11) is 2.29. The quantitative estimate of drug-likeness (QED) is 0.228. The number of rotatable bonds is 20. The van der Waals surface area contributed by atoms with Gasteiger partial charge in [0.15, 0.2) is 0 Å². The molecule has 0 radical (unpaired) electrons. The van der Waals surface area contributed by atoms with Crippen molar-refractivity contribution in [3.63, 3.8) is 0 Å². The van der Waals surface area contributed by atoms with Crippen molar-refractivity contribution in [2.75, 3.05) is 13.6 Å². The van der Waals surface area contributed by atoms with Crippen molar-refractivity contribution >= 4 is 0 Å². The van der Waals surface area contributed by atoms with E-state index in [1.54, 1.807) is 0 Å². The Balaban J connectivity index is 3.64. The Morgan fingerprint density at radius 3 is 1.42 bits per heavy atom. The molecule has 0 saturated heterocycles. The van der Waals surface area contributed by atoms with Gasteiger partial charge in [-0.1, -0.05) is 110 Å². The molecule has 0 rings (SSSR count). The summed E-state index contributed by atoms with van der Waals surface area (Å²) < 4.78 is 0. The Labute approximate surface area is 166 Å². The van der Waals surface area contributed by atoms with Gasteiger partial charge in [-0.05, 0) is 33.4 Å². The monoisotopic (exact) mass is 368 g/mol. The van der Waals surface area contributed by atoms with Crippen LogP contribution in [0.5, 0.6) is 0 Å². The van der Waals surface area contributed by atoms with Gasteiger partial charge in [0.25, 0.3) is 0 Å². The maximum Gasteiger partial charge on any atom is 0.0241 e. The molecule has 26 heavy (non-hydrogen) atoms. The van der Waals surface area contributed by atoms with Gasteiger partial charge in [-0.25, -0.2) is 0 Å². The summed E-state index contributed by atoms with van der Waals surface area (Å²) in [6.45, 7) is 7.99. The summed E-state index contributed by atoms with van der Waals surface area (Å²) in [5, 5.41) is 0. The van der Waals surface area contributed by atoms with E-state index in [-0.39, 0.29) is 0 Å². The van der Waals surface area contributed by atoms with Crippen LogP contribution in [0.15, 0.2) is 0 Å². The molecule has 0 spiro atoms. The Bertz CT molecular complexity index is 265. The second-order valence-electron chi connectivity index (χ2n) is 8.65. The maximum absolute atomic E-state index is 6.28. The third-order valence-corrected chi connectivity index (χ3v) is 5.89. The summed E-state index contributed by atoms with van der Waals surface area (Å²) in [4.78, 5) is 2.54. The number of hydrogen-bond donors (Lipinski definition) is 1. The van der Waals surface area contributed by atoms with Gasteiger partial charge in [0.1, 0.15) is 0 Å². The molecule has 2 nitrogen and oxygen atoms in total. The Morgan fingerprint density at radius 1 is 0.615 bits per heavy atom. The lowest BCUT2D eigenvalue weighted by Gasteiger charge is -2.31. The standard InChI is InChI=1S/C24H52N2/c1-5-7-9-11-13-14-15-16-18-20-22-26(4)24(23(3)25)21-19-17-12-10-8-6-2/h23-24H,5-22,25H2,1-4H3. The summed E-state index contributed by atoms with van der Waals surface area (Å²) in [5.74, 6) is 0. The van der Waals surface area contributed by atoms with Crippen LogP contribution in [0.2, 0.25) is 0 Å². The first-order chi connectivity index (χ1) is 12.6. The highest BCUT2D eigenvalue weighted by atomic mass is 15.1. The van der Waals surface area contributed by atoms with Crippen LogP contribution in [0.1, 0.15) is 130 Å². The fourth-order valence-corrected chi connectivity index (χ4v) is 4.03.